The number of aliphatic hydroxyl groups is 1. The molecule has 7 nitrogen and oxygen atoms in total. The minimum Gasteiger partial charge on any atom is -0.808 e. The van der Waals surface area contributed by atoms with Gasteiger partial charge in [0.2, 0.25) is 0 Å². The normalized spacial score (nSPS) is 16.5. The summed E-state index contributed by atoms with van der Waals surface area (Å²) in [6.45, 7) is 0.258. The first kappa shape index (κ1) is 19.9. The fourth-order valence-electron chi connectivity index (χ4n) is 0.160. The third kappa shape index (κ3) is 4.66. The predicted molar refractivity (Wildman–Crippen MR) is 30.3 cm³/mol. The summed E-state index contributed by atoms with van der Waals surface area (Å²) < 4.78 is 20.2. The van der Waals surface area contributed by atoms with Crippen molar-refractivity contribution in [3.63, 3.8) is 0 Å². The fraction of sp³-hybridized carbons (Fsp3) is 1.00. The second-order valence-corrected chi connectivity index (χ2v) is 6.19. The molecule has 1 unspecified atom stereocenters. The number of rotatable bonds is 2. The summed E-state index contributed by atoms with van der Waals surface area (Å²) in [5.74, 6) is 0. The Balaban J connectivity index is -0.000000500. The molecule has 0 fully saturated rings. The predicted octanol–water partition coefficient (Wildman–Crippen LogP) is -8.25. The quantitative estimate of drug-likeness (QED) is 0.308. The first-order valence-corrected chi connectivity index (χ1v) is 5.46. The van der Waals surface area contributed by atoms with Gasteiger partial charge in [0.25, 0.3) is 0 Å². The minimum atomic E-state index is -5.70. The zero-order valence-electron chi connectivity index (χ0n) is 7.37. The molecular formula is C2H6Li2O7P2. The van der Waals surface area contributed by atoms with E-state index in [0.717, 1.165) is 0 Å². The molecule has 0 saturated heterocycles. The molecule has 68 valence electrons. The summed E-state index contributed by atoms with van der Waals surface area (Å²) in [6.07, 6.45) is 0. The third-order valence-corrected chi connectivity index (χ3v) is 4.73. The van der Waals surface area contributed by atoms with Gasteiger partial charge in [-0.05, 0) is 14.5 Å². The van der Waals surface area contributed by atoms with E-state index in [-0.39, 0.29) is 44.6 Å². The molecule has 0 aromatic carbocycles. The molecule has 0 aliphatic rings. The van der Waals surface area contributed by atoms with Crippen molar-refractivity contribution in [2.75, 3.05) is 0 Å². The molecule has 0 rings (SSSR count). The maximum Gasteiger partial charge on any atom is 1.00 e. The molecule has 0 saturated carbocycles. The van der Waals surface area contributed by atoms with E-state index in [2.05, 4.69) is 0 Å². The Morgan fingerprint density at radius 1 is 1.15 bits per heavy atom. The van der Waals surface area contributed by atoms with Crippen LogP contribution in [0.25, 0.3) is 0 Å². The van der Waals surface area contributed by atoms with Crippen LogP contribution in [0.2, 0.25) is 0 Å². The molecule has 0 heterocycles. The second kappa shape index (κ2) is 5.51. The maximum atomic E-state index is 10.2. The van der Waals surface area contributed by atoms with Crippen molar-refractivity contribution in [2.45, 2.75) is 12.0 Å². The van der Waals surface area contributed by atoms with Gasteiger partial charge in [-0.1, -0.05) is 0 Å². The van der Waals surface area contributed by atoms with Gasteiger partial charge < -0.3 is 29.2 Å². The molecular weight excluding hydrogens is 212 g/mol. The smallest absolute Gasteiger partial charge is 0.808 e. The van der Waals surface area contributed by atoms with Crippen molar-refractivity contribution in [3.8, 4) is 0 Å². The van der Waals surface area contributed by atoms with Gasteiger partial charge in [-0.3, -0.25) is 4.57 Å². The van der Waals surface area contributed by atoms with E-state index in [0.29, 0.717) is 0 Å². The van der Waals surface area contributed by atoms with Crippen molar-refractivity contribution in [1.29, 1.82) is 0 Å². The summed E-state index contributed by atoms with van der Waals surface area (Å²) in [6, 6.07) is 0. The van der Waals surface area contributed by atoms with Crippen LogP contribution in [0.5, 0.6) is 0 Å². The Labute approximate surface area is 98.6 Å². The summed E-state index contributed by atoms with van der Waals surface area (Å²) in [5.41, 5.74) is 0. The molecule has 0 aliphatic carbocycles. The van der Waals surface area contributed by atoms with E-state index < -0.39 is 20.3 Å². The van der Waals surface area contributed by atoms with Crippen molar-refractivity contribution in [1.82, 2.24) is 0 Å². The Morgan fingerprint density at radius 3 is 1.38 bits per heavy atom. The van der Waals surface area contributed by atoms with Crippen LogP contribution in [0.3, 0.4) is 0 Å². The topological polar surface area (TPSA) is 141 Å². The fourth-order valence-corrected chi connectivity index (χ4v) is 1.44. The SMILES string of the molecule is CC(O)(P(=O)([O-])[O-])P(=O)(O)O.[Li+].[Li+]. The van der Waals surface area contributed by atoms with Gasteiger partial charge in [0.1, 0.15) is 0 Å². The van der Waals surface area contributed by atoms with Crippen molar-refractivity contribution in [2.24, 2.45) is 0 Å². The van der Waals surface area contributed by atoms with E-state index in [1.807, 2.05) is 0 Å². The van der Waals surface area contributed by atoms with Gasteiger partial charge in [-0.2, -0.15) is 0 Å². The third-order valence-electron chi connectivity index (χ3n) is 1.07. The minimum absolute atomic E-state index is 0. The first-order valence-electron chi connectivity index (χ1n) is 2.30. The number of hydrogen-bond donors (Lipinski definition) is 3. The van der Waals surface area contributed by atoms with Crippen LogP contribution in [-0.4, -0.2) is 20.0 Å². The Hall–Kier alpha value is 1.45. The first-order chi connectivity index (χ1) is 4.50. The summed E-state index contributed by atoms with van der Waals surface area (Å²) >= 11 is 0. The van der Waals surface area contributed by atoms with Gasteiger partial charge in [-0.15, -0.1) is 0 Å². The molecule has 0 amide bonds. The Bertz CT molecular complexity index is 215. The molecule has 1 atom stereocenters. The van der Waals surface area contributed by atoms with Crippen LogP contribution >= 0.6 is 15.2 Å². The Kier molecular flexibility index (Phi) is 8.46. The second-order valence-electron chi connectivity index (χ2n) is 2.01. The van der Waals surface area contributed by atoms with E-state index in [1.54, 1.807) is 0 Å². The maximum absolute atomic E-state index is 10.2. The molecule has 0 aromatic heterocycles. The van der Waals surface area contributed by atoms with Gasteiger partial charge >= 0.3 is 45.3 Å². The zero-order chi connectivity index (χ0) is 9.50. The van der Waals surface area contributed by atoms with E-state index in [1.165, 1.54) is 0 Å². The molecule has 3 N–H and O–H groups in total. The van der Waals surface area contributed by atoms with E-state index in [4.69, 9.17) is 14.9 Å². The van der Waals surface area contributed by atoms with Gasteiger partial charge in [-0.25, -0.2) is 0 Å². The number of hydrogen-bond acceptors (Lipinski definition) is 5. The van der Waals surface area contributed by atoms with Gasteiger partial charge in [0.05, 0.1) is 0 Å². The van der Waals surface area contributed by atoms with Gasteiger partial charge in [0.15, 0.2) is 5.08 Å². The van der Waals surface area contributed by atoms with Crippen LogP contribution in [0.1, 0.15) is 6.92 Å². The van der Waals surface area contributed by atoms with E-state index in [9.17, 15) is 18.9 Å². The van der Waals surface area contributed by atoms with Crippen LogP contribution in [-0.2, 0) is 9.13 Å². The van der Waals surface area contributed by atoms with Crippen LogP contribution < -0.4 is 47.5 Å². The molecule has 13 heavy (non-hydrogen) atoms. The van der Waals surface area contributed by atoms with Gasteiger partial charge in [0, 0.05) is 0 Å². The van der Waals surface area contributed by atoms with Crippen molar-refractivity contribution in [3.05, 3.63) is 0 Å². The van der Waals surface area contributed by atoms with Crippen molar-refractivity contribution >= 4 is 15.2 Å². The zero-order valence-corrected chi connectivity index (χ0v) is 9.16. The van der Waals surface area contributed by atoms with Crippen LogP contribution in [0.4, 0.5) is 0 Å². The average molecular weight is 218 g/mol. The van der Waals surface area contributed by atoms with E-state index >= 15 is 0 Å². The standard InChI is InChI=1S/C2H8O7P2.2Li/c1-2(3,10(4,5)6)11(7,8)9;;/h3H,1H3,(H2,4,5,6)(H2,7,8,9);;/q;2*+1/p-2. The molecule has 0 spiro atoms. The molecule has 11 heteroatoms. The molecule has 0 radical (unpaired) electrons. The monoisotopic (exact) mass is 218 g/mol. The van der Waals surface area contributed by atoms with Crippen LogP contribution in [0, 0.1) is 0 Å². The Morgan fingerprint density at radius 2 is 1.38 bits per heavy atom. The molecule has 0 aromatic rings. The molecule has 0 aliphatic heterocycles. The summed E-state index contributed by atoms with van der Waals surface area (Å²) in [5, 5.41) is 5.02. The van der Waals surface area contributed by atoms with Crippen LogP contribution in [0.15, 0.2) is 0 Å². The average Bonchev–Trinajstić information content (AvgIpc) is 1.58. The summed E-state index contributed by atoms with van der Waals surface area (Å²) in [7, 11) is -11.0. The summed E-state index contributed by atoms with van der Waals surface area (Å²) in [4.78, 5) is 36.4. The largest absolute Gasteiger partial charge is 1.00 e. The van der Waals surface area contributed by atoms with Crippen molar-refractivity contribution < 1.29 is 71.5 Å². The molecule has 0 bridgehead atoms.